The molecule has 0 radical (unpaired) electrons. The summed E-state index contributed by atoms with van der Waals surface area (Å²) in [6.07, 6.45) is 3.42. The van der Waals surface area contributed by atoms with Crippen molar-refractivity contribution in [2.75, 3.05) is 5.32 Å². The molecule has 0 saturated heterocycles. The highest BCUT2D eigenvalue weighted by molar-refractivity contribution is 5.88. The van der Waals surface area contributed by atoms with Crippen LogP contribution in [0.5, 0.6) is 0 Å². The number of hydrogen-bond donors (Lipinski definition) is 3. The normalized spacial score (nSPS) is 22.7. The van der Waals surface area contributed by atoms with Crippen molar-refractivity contribution in [3.8, 4) is 0 Å². The number of aromatic nitrogens is 3. The predicted octanol–water partition coefficient (Wildman–Crippen LogP) is 0.190. The zero-order valence-corrected chi connectivity index (χ0v) is 9.96. The number of nitrogens with one attached hydrogen (secondary N) is 2. The van der Waals surface area contributed by atoms with Gasteiger partial charge < -0.3 is 10.4 Å². The molecule has 8 heteroatoms. The summed E-state index contributed by atoms with van der Waals surface area (Å²) >= 11 is 0. The Bertz CT molecular complexity index is 458. The molecule has 1 aromatic heterocycles. The summed E-state index contributed by atoms with van der Waals surface area (Å²) in [5.74, 6) is -1.05. The third-order valence-corrected chi connectivity index (χ3v) is 3.09. The van der Waals surface area contributed by atoms with Gasteiger partial charge in [0.1, 0.15) is 6.33 Å². The topological polar surface area (TPSA) is 109 Å². The van der Waals surface area contributed by atoms with Crippen molar-refractivity contribution in [2.24, 2.45) is 13.0 Å². The van der Waals surface area contributed by atoms with Gasteiger partial charge in [-0.1, -0.05) is 6.42 Å². The summed E-state index contributed by atoms with van der Waals surface area (Å²) in [6, 6.07) is -0.778. The fourth-order valence-electron chi connectivity index (χ4n) is 2.14. The molecule has 1 aliphatic carbocycles. The Hall–Kier alpha value is -2.12. The molecule has 1 saturated carbocycles. The average Bonchev–Trinajstić information content (AvgIpc) is 2.89. The number of hydrogen-bond acceptors (Lipinski definition) is 4. The van der Waals surface area contributed by atoms with Gasteiger partial charge in [-0.2, -0.15) is 10.1 Å². The van der Waals surface area contributed by atoms with Gasteiger partial charge >= 0.3 is 12.0 Å². The number of aliphatic carboxylic acids is 1. The van der Waals surface area contributed by atoms with Gasteiger partial charge in [0.25, 0.3) is 0 Å². The summed E-state index contributed by atoms with van der Waals surface area (Å²) in [4.78, 5) is 26.5. The van der Waals surface area contributed by atoms with E-state index < -0.39 is 17.9 Å². The van der Waals surface area contributed by atoms with Crippen LogP contribution in [0, 0.1) is 5.92 Å². The first kappa shape index (κ1) is 12.3. The van der Waals surface area contributed by atoms with E-state index in [1.807, 2.05) is 0 Å². The molecule has 1 fully saturated rings. The molecule has 1 aliphatic rings. The molecule has 0 spiro atoms. The molecule has 98 valence electrons. The first-order valence-corrected chi connectivity index (χ1v) is 5.72. The number of nitrogens with zero attached hydrogens (tertiary/aromatic N) is 3. The Labute approximate surface area is 103 Å². The third kappa shape index (κ3) is 2.58. The van der Waals surface area contributed by atoms with Crippen LogP contribution in [0.1, 0.15) is 19.3 Å². The van der Waals surface area contributed by atoms with Gasteiger partial charge in [-0.3, -0.25) is 10.1 Å². The van der Waals surface area contributed by atoms with E-state index >= 15 is 0 Å². The number of amides is 2. The second kappa shape index (κ2) is 5.03. The molecule has 0 bridgehead atoms. The minimum absolute atomic E-state index is 0.317. The molecule has 18 heavy (non-hydrogen) atoms. The molecule has 2 amide bonds. The summed E-state index contributed by atoms with van der Waals surface area (Å²) in [6.45, 7) is 0. The Morgan fingerprint density at radius 2 is 2.28 bits per heavy atom. The van der Waals surface area contributed by atoms with E-state index in [-0.39, 0.29) is 6.04 Å². The highest BCUT2D eigenvalue weighted by atomic mass is 16.4. The molecular formula is C10H15N5O3. The minimum atomic E-state index is -0.864. The van der Waals surface area contributed by atoms with Crippen molar-refractivity contribution in [3.63, 3.8) is 0 Å². The van der Waals surface area contributed by atoms with Gasteiger partial charge in [0.05, 0.1) is 5.92 Å². The van der Waals surface area contributed by atoms with E-state index in [1.54, 1.807) is 7.05 Å². The van der Waals surface area contributed by atoms with E-state index in [1.165, 1.54) is 11.0 Å². The van der Waals surface area contributed by atoms with Gasteiger partial charge in [-0.15, -0.1) is 0 Å². The fraction of sp³-hybridized carbons (Fsp3) is 0.600. The predicted molar refractivity (Wildman–Crippen MR) is 61.9 cm³/mol. The number of carboxylic acids is 1. The Balaban J connectivity index is 1.91. The van der Waals surface area contributed by atoms with Crippen LogP contribution in [0.2, 0.25) is 0 Å². The van der Waals surface area contributed by atoms with Crippen LogP contribution in [-0.2, 0) is 11.8 Å². The second-order valence-electron chi connectivity index (χ2n) is 4.29. The maximum Gasteiger partial charge on any atom is 0.321 e. The number of anilines is 1. The number of carboxylic acid groups (broad SMARTS) is 1. The summed E-state index contributed by atoms with van der Waals surface area (Å²) in [5, 5.41) is 18.0. The van der Waals surface area contributed by atoms with Gasteiger partial charge in [-0.05, 0) is 12.8 Å². The average molecular weight is 253 g/mol. The number of carbonyl (C=O) groups is 2. The summed E-state index contributed by atoms with van der Waals surface area (Å²) in [7, 11) is 1.65. The lowest BCUT2D eigenvalue weighted by atomic mass is 10.0. The molecule has 2 rings (SSSR count). The number of rotatable bonds is 3. The van der Waals surface area contributed by atoms with Crippen molar-refractivity contribution in [3.05, 3.63) is 6.33 Å². The van der Waals surface area contributed by atoms with Crippen LogP contribution in [0.15, 0.2) is 6.33 Å². The van der Waals surface area contributed by atoms with Gasteiger partial charge in [-0.25, -0.2) is 9.48 Å². The van der Waals surface area contributed by atoms with Crippen LogP contribution in [0.4, 0.5) is 10.7 Å². The lowest BCUT2D eigenvalue weighted by Crippen LogP contribution is -2.42. The second-order valence-corrected chi connectivity index (χ2v) is 4.29. The van der Waals surface area contributed by atoms with Crippen molar-refractivity contribution >= 4 is 17.9 Å². The van der Waals surface area contributed by atoms with Crippen LogP contribution in [0.3, 0.4) is 0 Å². The number of aryl methyl sites for hydroxylation is 1. The Kier molecular flexibility index (Phi) is 3.45. The van der Waals surface area contributed by atoms with Crippen molar-refractivity contribution < 1.29 is 14.7 Å². The lowest BCUT2D eigenvalue weighted by molar-refractivity contribution is -0.142. The van der Waals surface area contributed by atoms with E-state index in [9.17, 15) is 9.59 Å². The molecule has 8 nitrogen and oxygen atoms in total. The van der Waals surface area contributed by atoms with Crippen LogP contribution in [-0.4, -0.2) is 37.9 Å². The minimum Gasteiger partial charge on any atom is -0.481 e. The largest absolute Gasteiger partial charge is 0.481 e. The number of carbonyl (C=O) groups excluding carboxylic acids is 1. The molecule has 3 N–H and O–H groups in total. The quantitative estimate of drug-likeness (QED) is 0.712. The first-order valence-electron chi connectivity index (χ1n) is 5.72. The lowest BCUT2D eigenvalue weighted by Gasteiger charge is -2.17. The summed E-state index contributed by atoms with van der Waals surface area (Å²) in [5.41, 5.74) is 0. The Morgan fingerprint density at radius 1 is 1.50 bits per heavy atom. The van der Waals surface area contributed by atoms with E-state index in [0.29, 0.717) is 18.8 Å². The number of urea groups is 1. The van der Waals surface area contributed by atoms with Gasteiger partial charge in [0.15, 0.2) is 0 Å². The first-order chi connectivity index (χ1) is 8.58. The van der Waals surface area contributed by atoms with Crippen LogP contribution < -0.4 is 10.6 Å². The molecule has 1 aromatic rings. The van der Waals surface area contributed by atoms with Gasteiger partial charge in [0.2, 0.25) is 5.95 Å². The maximum absolute atomic E-state index is 11.7. The van der Waals surface area contributed by atoms with E-state index in [4.69, 9.17) is 5.11 Å². The highest BCUT2D eigenvalue weighted by Crippen LogP contribution is 2.25. The molecule has 0 aromatic carbocycles. The maximum atomic E-state index is 11.7. The van der Waals surface area contributed by atoms with Crippen molar-refractivity contribution in [1.29, 1.82) is 0 Å². The van der Waals surface area contributed by atoms with Crippen molar-refractivity contribution in [2.45, 2.75) is 25.3 Å². The monoisotopic (exact) mass is 253 g/mol. The zero-order valence-electron chi connectivity index (χ0n) is 9.96. The highest BCUT2D eigenvalue weighted by Gasteiger charge is 2.33. The SMILES string of the molecule is Cn1ncnc1NC(=O)NC1CCCC1C(=O)O. The van der Waals surface area contributed by atoms with E-state index in [0.717, 1.165) is 6.42 Å². The van der Waals surface area contributed by atoms with Crippen LogP contribution >= 0.6 is 0 Å². The molecular weight excluding hydrogens is 238 g/mol. The van der Waals surface area contributed by atoms with Crippen LogP contribution in [0.25, 0.3) is 0 Å². The fourth-order valence-corrected chi connectivity index (χ4v) is 2.14. The third-order valence-electron chi connectivity index (χ3n) is 3.09. The van der Waals surface area contributed by atoms with Gasteiger partial charge in [0, 0.05) is 13.1 Å². The zero-order chi connectivity index (χ0) is 13.1. The standard InChI is InChI=1S/C10H15N5O3/c1-15-9(11-5-12-15)14-10(18)13-7-4-2-3-6(7)8(16)17/h5-7H,2-4H2,1H3,(H,16,17)(H2,11,12,13,14,18). The molecule has 1 heterocycles. The molecule has 0 aliphatic heterocycles. The van der Waals surface area contributed by atoms with Crippen molar-refractivity contribution in [1.82, 2.24) is 20.1 Å². The molecule has 2 unspecified atom stereocenters. The Morgan fingerprint density at radius 3 is 2.89 bits per heavy atom. The summed E-state index contributed by atoms with van der Waals surface area (Å²) < 4.78 is 1.42. The van der Waals surface area contributed by atoms with E-state index in [2.05, 4.69) is 20.7 Å². The smallest absolute Gasteiger partial charge is 0.321 e. The molecule has 2 atom stereocenters.